The van der Waals surface area contributed by atoms with Crippen molar-refractivity contribution in [3.05, 3.63) is 0 Å². The zero-order valence-electron chi connectivity index (χ0n) is 11.8. The maximum Gasteiger partial charge on any atom is 0.222 e. The second kappa shape index (κ2) is 8.91. The maximum atomic E-state index is 11.5. The number of hydrogen-bond acceptors (Lipinski definition) is 3. The molecule has 0 aliphatic heterocycles. The van der Waals surface area contributed by atoms with Gasteiger partial charge in [-0.2, -0.15) is 0 Å². The van der Waals surface area contributed by atoms with E-state index in [2.05, 4.69) is 10.6 Å². The van der Waals surface area contributed by atoms with Crippen LogP contribution in [-0.4, -0.2) is 30.4 Å². The molecule has 0 spiro atoms. The summed E-state index contributed by atoms with van der Waals surface area (Å²) in [5.41, 5.74) is 5.15. The zero-order valence-corrected chi connectivity index (χ0v) is 11.8. The predicted molar refractivity (Wildman–Crippen MR) is 73.0 cm³/mol. The number of carbonyl (C=O) groups excluding carboxylic acids is 2. The van der Waals surface area contributed by atoms with E-state index in [4.69, 9.17) is 5.73 Å². The molecule has 2 amide bonds. The Morgan fingerprint density at radius 2 is 1.67 bits per heavy atom. The van der Waals surface area contributed by atoms with E-state index >= 15 is 0 Å². The van der Waals surface area contributed by atoms with Gasteiger partial charge in [0, 0.05) is 24.9 Å². The van der Waals surface area contributed by atoms with Gasteiger partial charge in [0.15, 0.2) is 0 Å². The Balaban J connectivity index is 3.53. The van der Waals surface area contributed by atoms with Gasteiger partial charge in [-0.1, -0.05) is 6.42 Å². The van der Waals surface area contributed by atoms with Gasteiger partial charge >= 0.3 is 0 Å². The molecule has 5 nitrogen and oxygen atoms in total. The van der Waals surface area contributed by atoms with Gasteiger partial charge in [0.1, 0.15) is 0 Å². The first-order valence-electron chi connectivity index (χ1n) is 6.63. The van der Waals surface area contributed by atoms with E-state index in [1.54, 1.807) is 0 Å². The molecule has 0 aliphatic rings. The summed E-state index contributed by atoms with van der Waals surface area (Å²) in [5.74, 6) is -0.0264. The van der Waals surface area contributed by atoms with Gasteiger partial charge < -0.3 is 16.4 Å². The van der Waals surface area contributed by atoms with Crippen LogP contribution in [0.5, 0.6) is 0 Å². The third kappa shape index (κ3) is 11.4. The van der Waals surface area contributed by atoms with Gasteiger partial charge in [-0.15, -0.1) is 0 Å². The molecule has 106 valence electrons. The van der Waals surface area contributed by atoms with Gasteiger partial charge in [0.05, 0.1) is 0 Å². The van der Waals surface area contributed by atoms with Crippen molar-refractivity contribution in [1.29, 1.82) is 0 Å². The van der Waals surface area contributed by atoms with Crippen LogP contribution >= 0.6 is 0 Å². The molecule has 0 unspecified atom stereocenters. The zero-order chi connectivity index (χ0) is 14.0. The van der Waals surface area contributed by atoms with E-state index in [9.17, 15) is 9.59 Å². The molecular weight excluding hydrogens is 230 g/mol. The number of amides is 2. The lowest BCUT2D eigenvalue weighted by atomic mass is 10.1. The first-order valence-corrected chi connectivity index (χ1v) is 6.63. The molecular formula is C13H27N3O2. The fraction of sp³-hybridized carbons (Fsp3) is 0.846. The summed E-state index contributed by atoms with van der Waals surface area (Å²) >= 11 is 0. The van der Waals surface area contributed by atoms with Crippen molar-refractivity contribution < 1.29 is 9.59 Å². The highest BCUT2D eigenvalue weighted by Gasteiger charge is 2.13. The van der Waals surface area contributed by atoms with Crippen molar-refractivity contribution >= 4 is 11.8 Å². The molecule has 0 aromatic carbocycles. The average Bonchev–Trinajstić information content (AvgIpc) is 2.22. The predicted octanol–water partition coefficient (Wildman–Crippen LogP) is 0.927. The Hall–Kier alpha value is -1.10. The molecule has 0 rings (SSSR count). The lowest BCUT2D eigenvalue weighted by molar-refractivity contribution is -0.123. The van der Waals surface area contributed by atoms with Crippen LogP contribution in [0.2, 0.25) is 0 Å². The summed E-state index contributed by atoms with van der Waals surface area (Å²) < 4.78 is 0. The highest BCUT2D eigenvalue weighted by atomic mass is 16.2. The average molecular weight is 257 g/mol. The van der Waals surface area contributed by atoms with Gasteiger partial charge in [0.25, 0.3) is 0 Å². The van der Waals surface area contributed by atoms with Crippen LogP contribution in [0, 0.1) is 0 Å². The fourth-order valence-electron chi connectivity index (χ4n) is 1.49. The molecule has 0 radical (unpaired) electrons. The highest BCUT2D eigenvalue weighted by molar-refractivity contribution is 5.79. The van der Waals surface area contributed by atoms with Gasteiger partial charge in [-0.05, 0) is 40.2 Å². The largest absolute Gasteiger partial charge is 0.356 e. The Bertz CT molecular complexity index is 259. The van der Waals surface area contributed by atoms with Crippen molar-refractivity contribution in [3.63, 3.8) is 0 Å². The van der Waals surface area contributed by atoms with E-state index in [1.807, 2.05) is 20.8 Å². The number of rotatable bonds is 8. The summed E-state index contributed by atoms with van der Waals surface area (Å²) in [6.07, 6.45) is 3.64. The van der Waals surface area contributed by atoms with Crippen molar-refractivity contribution in [1.82, 2.24) is 10.6 Å². The number of nitrogens with two attached hydrogens (primary N) is 1. The lowest BCUT2D eigenvalue weighted by Crippen LogP contribution is -2.41. The highest BCUT2D eigenvalue weighted by Crippen LogP contribution is 2.00. The number of unbranched alkanes of at least 4 members (excludes halogenated alkanes) is 2. The second-order valence-electron chi connectivity index (χ2n) is 5.50. The van der Waals surface area contributed by atoms with E-state index in [1.165, 1.54) is 0 Å². The van der Waals surface area contributed by atoms with Crippen molar-refractivity contribution in [2.45, 2.75) is 58.4 Å². The Morgan fingerprint density at radius 3 is 2.22 bits per heavy atom. The molecule has 18 heavy (non-hydrogen) atoms. The minimum Gasteiger partial charge on any atom is -0.356 e. The first-order chi connectivity index (χ1) is 8.35. The lowest BCUT2D eigenvalue weighted by Gasteiger charge is -2.20. The van der Waals surface area contributed by atoms with Crippen LogP contribution in [0.25, 0.3) is 0 Å². The van der Waals surface area contributed by atoms with Gasteiger partial charge in [0.2, 0.25) is 11.8 Å². The summed E-state index contributed by atoms with van der Waals surface area (Å²) in [6, 6.07) is 0. The molecule has 0 atom stereocenters. The molecule has 0 aromatic heterocycles. The van der Waals surface area contributed by atoms with Crippen LogP contribution in [0.15, 0.2) is 0 Å². The standard InChI is InChI=1S/C13H27N3O2/c1-13(2,3)16-12(18)8-10-15-11(17)7-5-4-6-9-14/h4-10,14H2,1-3H3,(H,15,17)(H,16,18). The molecule has 0 aromatic rings. The molecule has 5 heteroatoms. The summed E-state index contributed by atoms with van der Waals surface area (Å²) in [7, 11) is 0. The molecule has 0 fully saturated rings. The van der Waals surface area contributed by atoms with E-state index in [0.717, 1.165) is 19.3 Å². The topological polar surface area (TPSA) is 84.2 Å². The quantitative estimate of drug-likeness (QED) is 0.565. The van der Waals surface area contributed by atoms with Crippen LogP contribution in [-0.2, 0) is 9.59 Å². The fourth-order valence-corrected chi connectivity index (χ4v) is 1.49. The monoisotopic (exact) mass is 257 g/mol. The van der Waals surface area contributed by atoms with Crippen molar-refractivity contribution in [2.75, 3.05) is 13.1 Å². The number of nitrogens with one attached hydrogen (secondary N) is 2. The number of hydrogen-bond donors (Lipinski definition) is 3. The SMILES string of the molecule is CC(C)(C)NC(=O)CCNC(=O)CCCCCN. The summed E-state index contributed by atoms with van der Waals surface area (Å²) in [6.45, 7) is 6.87. The molecule has 0 saturated heterocycles. The molecule has 0 bridgehead atoms. The van der Waals surface area contributed by atoms with E-state index < -0.39 is 0 Å². The second-order valence-corrected chi connectivity index (χ2v) is 5.50. The molecule has 0 saturated carbocycles. The Kier molecular flexibility index (Phi) is 8.37. The maximum absolute atomic E-state index is 11.5. The van der Waals surface area contributed by atoms with Crippen LogP contribution in [0.3, 0.4) is 0 Å². The van der Waals surface area contributed by atoms with E-state index in [-0.39, 0.29) is 17.4 Å². The Labute approximate surface area is 110 Å². The van der Waals surface area contributed by atoms with E-state index in [0.29, 0.717) is 25.9 Å². The number of carbonyl (C=O) groups is 2. The minimum absolute atomic E-state index is 0.00980. The normalized spacial score (nSPS) is 11.1. The molecule has 4 N–H and O–H groups in total. The van der Waals surface area contributed by atoms with Crippen LogP contribution < -0.4 is 16.4 Å². The van der Waals surface area contributed by atoms with Crippen molar-refractivity contribution in [2.24, 2.45) is 5.73 Å². The van der Waals surface area contributed by atoms with Crippen molar-refractivity contribution in [3.8, 4) is 0 Å². The summed E-state index contributed by atoms with van der Waals surface area (Å²) in [4.78, 5) is 22.9. The Morgan fingerprint density at radius 1 is 1.00 bits per heavy atom. The third-order valence-electron chi connectivity index (χ3n) is 2.30. The van der Waals surface area contributed by atoms with Crippen LogP contribution in [0.4, 0.5) is 0 Å². The molecule has 0 aliphatic carbocycles. The third-order valence-corrected chi connectivity index (χ3v) is 2.30. The van der Waals surface area contributed by atoms with Crippen LogP contribution in [0.1, 0.15) is 52.9 Å². The smallest absolute Gasteiger partial charge is 0.222 e. The molecule has 0 heterocycles. The first kappa shape index (κ1) is 16.9. The van der Waals surface area contributed by atoms with Gasteiger partial charge in [-0.25, -0.2) is 0 Å². The van der Waals surface area contributed by atoms with Gasteiger partial charge in [-0.3, -0.25) is 9.59 Å². The minimum atomic E-state index is -0.219. The summed E-state index contributed by atoms with van der Waals surface area (Å²) in [5, 5.41) is 5.59.